The van der Waals surface area contributed by atoms with Gasteiger partial charge in [-0.15, -0.1) is 0 Å². The molecule has 0 aliphatic carbocycles. The first-order chi connectivity index (χ1) is 9.34. The molecule has 0 amide bonds. The summed E-state index contributed by atoms with van der Waals surface area (Å²) in [6, 6.07) is 10.7. The Hall–Kier alpha value is -2.14. The Morgan fingerprint density at radius 3 is 2.74 bits per heavy atom. The van der Waals surface area contributed by atoms with Crippen molar-refractivity contribution in [1.29, 1.82) is 0 Å². The molecule has 1 unspecified atom stereocenters. The topological polar surface area (TPSA) is 67.1 Å². The second kappa shape index (κ2) is 5.24. The van der Waals surface area contributed by atoms with Gasteiger partial charge in [0.25, 0.3) is 0 Å². The van der Waals surface area contributed by atoms with Gasteiger partial charge in [-0.05, 0) is 5.56 Å². The van der Waals surface area contributed by atoms with E-state index < -0.39 is 0 Å². The highest BCUT2D eigenvalue weighted by atomic mass is 15.3. The van der Waals surface area contributed by atoms with E-state index in [0.29, 0.717) is 11.9 Å². The van der Waals surface area contributed by atoms with E-state index in [-0.39, 0.29) is 0 Å². The standard InChI is InChI=1S/C14H17N5/c15-13-14(18-7-6-17-13)19-9-8-16-12(10-19)11-4-2-1-3-5-11/h1-7,12,16H,8-10H2,(H2,15,17). The molecule has 5 nitrogen and oxygen atoms in total. The molecule has 19 heavy (non-hydrogen) atoms. The van der Waals surface area contributed by atoms with Crippen molar-refractivity contribution in [3.05, 3.63) is 48.3 Å². The molecule has 1 saturated heterocycles. The number of hydrogen-bond acceptors (Lipinski definition) is 5. The van der Waals surface area contributed by atoms with Crippen LogP contribution in [0.15, 0.2) is 42.7 Å². The van der Waals surface area contributed by atoms with E-state index in [4.69, 9.17) is 5.73 Å². The zero-order valence-electron chi connectivity index (χ0n) is 10.7. The van der Waals surface area contributed by atoms with Gasteiger partial charge >= 0.3 is 0 Å². The van der Waals surface area contributed by atoms with Gasteiger partial charge < -0.3 is 16.0 Å². The van der Waals surface area contributed by atoms with E-state index in [2.05, 4.69) is 44.5 Å². The minimum atomic E-state index is 0.302. The Balaban J connectivity index is 1.81. The fraction of sp³-hybridized carbons (Fsp3) is 0.286. The molecule has 1 atom stereocenters. The highest BCUT2D eigenvalue weighted by Crippen LogP contribution is 2.23. The summed E-state index contributed by atoms with van der Waals surface area (Å²) in [5.41, 5.74) is 7.19. The lowest BCUT2D eigenvalue weighted by molar-refractivity contribution is 0.469. The van der Waals surface area contributed by atoms with Crippen LogP contribution in [0.25, 0.3) is 0 Å². The highest BCUT2D eigenvalue weighted by molar-refractivity contribution is 5.57. The second-order valence-corrected chi connectivity index (χ2v) is 4.63. The van der Waals surface area contributed by atoms with Gasteiger partial charge in [-0.3, -0.25) is 0 Å². The van der Waals surface area contributed by atoms with Crippen molar-refractivity contribution in [2.24, 2.45) is 0 Å². The fourth-order valence-corrected chi connectivity index (χ4v) is 2.44. The Bertz CT molecular complexity index is 543. The molecule has 2 heterocycles. The molecule has 0 saturated carbocycles. The second-order valence-electron chi connectivity index (χ2n) is 4.63. The Morgan fingerprint density at radius 1 is 1.16 bits per heavy atom. The summed E-state index contributed by atoms with van der Waals surface area (Å²) >= 11 is 0. The van der Waals surface area contributed by atoms with E-state index in [9.17, 15) is 0 Å². The molecule has 98 valence electrons. The summed E-state index contributed by atoms with van der Waals surface area (Å²) in [6.45, 7) is 2.66. The largest absolute Gasteiger partial charge is 0.381 e. The third-order valence-electron chi connectivity index (χ3n) is 3.38. The minimum Gasteiger partial charge on any atom is -0.381 e. The first-order valence-electron chi connectivity index (χ1n) is 6.44. The SMILES string of the molecule is Nc1nccnc1N1CCNC(c2ccccc2)C1. The lowest BCUT2D eigenvalue weighted by Gasteiger charge is -2.34. The van der Waals surface area contributed by atoms with Crippen LogP contribution < -0.4 is 16.0 Å². The van der Waals surface area contributed by atoms with Gasteiger partial charge in [0.1, 0.15) is 0 Å². The first kappa shape index (κ1) is 11.9. The number of benzene rings is 1. The third-order valence-corrected chi connectivity index (χ3v) is 3.38. The van der Waals surface area contributed by atoms with Crippen molar-refractivity contribution < 1.29 is 0 Å². The summed E-state index contributed by atoms with van der Waals surface area (Å²) in [4.78, 5) is 10.6. The lowest BCUT2D eigenvalue weighted by Crippen LogP contribution is -2.46. The molecule has 0 radical (unpaired) electrons. The van der Waals surface area contributed by atoms with E-state index >= 15 is 0 Å². The number of nitrogens with one attached hydrogen (secondary N) is 1. The predicted octanol–water partition coefficient (Wildman–Crippen LogP) is 1.21. The van der Waals surface area contributed by atoms with Crippen molar-refractivity contribution >= 4 is 11.6 Å². The Labute approximate surface area is 112 Å². The van der Waals surface area contributed by atoms with Gasteiger partial charge in [0.15, 0.2) is 11.6 Å². The minimum absolute atomic E-state index is 0.302. The Kier molecular flexibility index (Phi) is 3.29. The monoisotopic (exact) mass is 255 g/mol. The number of piperazine rings is 1. The number of anilines is 2. The summed E-state index contributed by atoms with van der Waals surface area (Å²) in [5, 5.41) is 3.52. The number of nitrogens with two attached hydrogens (primary N) is 1. The normalized spacial score (nSPS) is 19.4. The summed E-state index contributed by atoms with van der Waals surface area (Å²) in [7, 11) is 0. The molecular weight excluding hydrogens is 238 g/mol. The van der Waals surface area contributed by atoms with Crippen molar-refractivity contribution in [2.45, 2.75) is 6.04 Å². The van der Waals surface area contributed by atoms with E-state index in [0.717, 1.165) is 25.5 Å². The van der Waals surface area contributed by atoms with Crippen molar-refractivity contribution in [3.8, 4) is 0 Å². The lowest BCUT2D eigenvalue weighted by atomic mass is 10.0. The quantitative estimate of drug-likeness (QED) is 0.844. The van der Waals surface area contributed by atoms with Crippen molar-refractivity contribution in [3.63, 3.8) is 0 Å². The molecule has 3 N–H and O–H groups in total. The zero-order chi connectivity index (χ0) is 13.1. The zero-order valence-corrected chi connectivity index (χ0v) is 10.7. The number of nitrogen functional groups attached to an aromatic ring is 1. The summed E-state index contributed by atoms with van der Waals surface area (Å²) < 4.78 is 0. The maximum absolute atomic E-state index is 5.90. The van der Waals surface area contributed by atoms with E-state index in [1.165, 1.54) is 5.56 Å². The number of aromatic nitrogens is 2. The summed E-state index contributed by atoms with van der Waals surface area (Å²) in [5.74, 6) is 1.28. The van der Waals surface area contributed by atoms with Crippen LogP contribution in [-0.4, -0.2) is 29.6 Å². The van der Waals surface area contributed by atoms with E-state index in [1.54, 1.807) is 12.4 Å². The molecule has 0 bridgehead atoms. The Morgan fingerprint density at radius 2 is 1.95 bits per heavy atom. The third kappa shape index (κ3) is 2.51. The number of nitrogens with zero attached hydrogens (tertiary/aromatic N) is 3. The average molecular weight is 255 g/mol. The maximum Gasteiger partial charge on any atom is 0.171 e. The van der Waals surface area contributed by atoms with Crippen molar-refractivity contribution in [2.75, 3.05) is 30.3 Å². The van der Waals surface area contributed by atoms with Gasteiger partial charge in [0.05, 0.1) is 0 Å². The molecule has 3 rings (SSSR count). The van der Waals surface area contributed by atoms with E-state index in [1.807, 2.05) is 6.07 Å². The fourth-order valence-electron chi connectivity index (χ4n) is 2.44. The summed E-state index contributed by atoms with van der Waals surface area (Å²) in [6.07, 6.45) is 3.31. The van der Waals surface area contributed by atoms with Crippen LogP contribution in [0.3, 0.4) is 0 Å². The average Bonchev–Trinajstić information content (AvgIpc) is 2.49. The molecule has 5 heteroatoms. The smallest absolute Gasteiger partial charge is 0.171 e. The highest BCUT2D eigenvalue weighted by Gasteiger charge is 2.22. The van der Waals surface area contributed by atoms with Crippen LogP contribution in [0.1, 0.15) is 11.6 Å². The molecule has 1 aliphatic heterocycles. The van der Waals surface area contributed by atoms with Gasteiger partial charge in [-0.25, -0.2) is 9.97 Å². The van der Waals surface area contributed by atoms with Crippen LogP contribution >= 0.6 is 0 Å². The molecule has 0 spiro atoms. The van der Waals surface area contributed by atoms with Crippen LogP contribution in [0, 0.1) is 0 Å². The molecule has 1 fully saturated rings. The number of hydrogen-bond donors (Lipinski definition) is 2. The van der Waals surface area contributed by atoms with Gasteiger partial charge in [0, 0.05) is 38.1 Å². The maximum atomic E-state index is 5.90. The van der Waals surface area contributed by atoms with Crippen LogP contribution in [0.5, 0.6) is 0 Å². The molecular formula is C14H17N5. The number of rotatable bonds is 2. The van der Waals surface area contributed by atoms with Crippen LogP contribution in [0.4, 0.5) is 11.6 Å². The van der Waals surface area contributed by atoms with Gasteiger partial charge in [-0.2, -0.15) is 0 Å². The predicted molar refractivity (Wildman–Crippen MR) is 75.8 cm³/mol. The van der Waals surface area contributed by atoms with Crippen LogP contribution in [0.2, 0.25) is 0 Å². The first-order valence-corrected chi connectivity index (χ1v) is 6.44. The molecule has 2 aromatic rings. The molecule has 1 aromatic carbocycles. The van der Waals surface area contributed by atoms with Crippen molar-refractivity contribution in [1.82, 2.24) is 15.3 Å². The van der Waals surface area contributed by atoms with Gasteiger partial charge in [0.2, 0.25) is 0 Å². The van der Waals surface area contributed by atoms with Crippen LogP contribution in [-0.2, 0) is 0 Å². The van der Waals surface area contributed by atoms with Gasteiger partial charge in [-0.1, -0.05) is 30.3 Å². The molecule has 1 aromatic heterocycles. The molecule has 1 aliphatic rings.